The van der Waals surface area contributed by atoms with Crippen LogP contribution in [-0.2, 0) is 6.18 Å². The predicted molar refractivity (Wildman–Crippen MR) is 54.7 cm³/mol. The molecule has 0 aliphatic rings. The van der Waals surface area contributed by atoms with Crippen LogP contribution in [0.2, 0.25) is 0 Å². The van der Waals surface area contributed by atoms with E-state index in [-0.39, 0.29) is 11.0 Å². The molecule has 2 aromatic heterocycles. The van der Waals surface area contributed by atoms with Crippen molar-refractivity contribution in [1.82, 2.24) is 9.55 Å². The van der Waals surface area contributed by atoms with E-state index < -0.39 is 23.7 Å². The third-order valence-electron chi connectivity index (χ3n) is 2.34. The fourth-order valence-electron chi connectivity index (χ4n) is 1.57. The number of nitrogens with zero attached hydrogens (tertiary/aromatic N) is 2. The first-order valence-electron chi connectivity index (χ1n) is 4.71. The number of methoxy groups -OCH3 is 1. The molecule has 1 N–H and O–H groups in total. The number of hydrogen-bond donors (Lipinski definition) is 1. The van der Waals surface area contributed by atoms with Crippen molar-refractivity contribution in [3.63, 3.8) is 0 Å². The molecule has 0 aromatic carbocycles. The van der Waals surface area contributed by atoms with Crippen LogP contribution in [0.15, 0.2) is 18.3 Å². The number of aromatic nitrogens is 2. The van der Waals surface area contributed by atoms with E-state index in [1.54, 1.807) is 0 Å². The van der Waals surface area contributed by atoms with Crippen molar-refractivity contribution in [2.75, 3.05) is 7.11 Å². The van der Waals surface area contributed by atoms with Gasteiger partial charge < -0.3 is 9.84 Å². The summed E-state index contributed by atoms with van der Waals surface area (Å²) >= 11 is 0. The lowest BCUT2D eigenvalue weighted by Crippen LogP contribution is -2.11. The molecule has 0 amide bonds. The standard InChI is InChI=1S/C10H7F3N2O3/c1-18-8-5(10(11,12)13)4-7-6(14-8)2-3-15(7)9(16)17/h2-4H,1H3,(H,16,17). The maximum atomic E-state index is 12.7. The monoisotopic (exact) mass is 260 g/mol. The Morgan fingerprint density at radius 1 is 1.50 bits per heavy atom. The molecule has 0 aliphatic carbocycles. The molecule has 2 aromatic rings. The smallest absolute Gasteiger partial charge is 0.421 e. The molecule has 0 bridgehead atoms. The molecule has 0 atom stereocenters. The van der Waals surface area contributed by atoms with Gasteiger partial charge in [0.05, 0.1) is 18.1 Å². The summed E-state index contributed by atoms with van der Waals surface area (Å²) in [4.78, 5) is 14.5. The molecule has 18 heavy (non-hydrogen) atoms. The van der Waals surface area contributed by atoms with Gasteiger partial charge in [-0.05, 0) is 12.1 Å². The summed E-state index contributed by atoms with van der Waals surface area (Å²) in [5.41, 5.74) is -1.14. The normalized spacial score (nSPS) is 11.8. The number of pyridine rings is 1. The van der Waals surface area contributed by atoms with Gasteiger partial charge in [-0.3, -0.25) is 4.57 Å². The van der Waals surface area contributed by atoms with Crippen LogP contribution in [0.3, 0.4) is 0 Å². The second-order valence-corrected chi connectivity index (χ2v) is 3.42. The molecule has 0 saturated carbocycles. The van der Waals surface area contributed by atoms with E-state index in [2.05, 4.69) is 9.72 Å². The van der Waals surface area contributed by atoms with Crippen LogP contribution in [0, 0.1) is 0 Å². The number of carboxylic acid groups (broad SMARTS) is 1. The number of fused-ring (bicyclic) bond motifs is 1. The van der Waals surface area contributed by atoms with Gasteiger partial charge in [0.2, 0.25) is 5.88 Å². The van der Waals surface area contributed by atoms with E-state index in [0.29, 0.717) is 10.6 Å². The molecular weight excluding hydrogens is 253 g/mol. The van der Waals surface area contributed by atoms with Crippen LogP contribution in [0.4, 0.5) is 18.0 Å². The minimum absolute atomic E-state index is 0.113. The van der Waals surface area contributed by atoms with E-state index in [9.17, 15) is 18.0 Å². The van der Waals surface area contributed by atoms with E-state index in [0.717, 1.165) is 13.3 Å². The van der Waals surface area contributed by atoms with Gasteiger partial charge in [-0.2, -0.15) is 13.2 Å². The molecular formula is C10H7F3N2O3. The summed E-state index contributed by atoms with van der Waals surface area (Å²) < 4.78 is 43.4. The summed E-state index contributed by atoms with van der Waals surface area (Å²) in [7, 11) is 1.07. The Morgan fingerprint density at radius 3 is 2.67 bits per heavy atom. The second-order valence-electron chi connectivity index (χ2n) is 3.42. The van der Waals surface area contributed by atoms with E-state index in [1.807, 2.05) is 0 Å². The molecule has 0 saturated heterocycles. The molecule has 0 unspecified atom stereocenters. The van der Waals surface area contributed by atoms with Crippen molar-refractivity contribution in [3.8, 4) is 5.88 Å². The van der Waals surface area contributed by atoms with Gasteiger partial charge in [0.15, 0.2) is 0 Å². The fourth-order valence-corrected chi connectivity index (χ4v) is 1.57. The predicted octanol–water partition coefficient (Wildman–Crippen LogP) is 2.59. The zero-order valence-corrected chi connectivity index (χ0v) is 9.02. The van der Waals surface area contributed by atoms with Crippen LogP contribution >= 0.6 is 0 Å². The highest BCUT2D eigenvalue weighted by molar-refractivity contribution is 5.87. The van der Waals surface area contributed by atoms with Crippen molar-refractivity contribution in [2.45, 2.75) is 6.18 Å². The fraction of sp³-hybridized carbons (Fsp3) is 0.200. The number of rotatable bonds is 1. The number of ether oxygens (including phenoxy) is 1. The molecule has 0 radical (unpaired) electrons. The largest absolute Gasteiger partial charge is 0.481 e. The highest BCUT2D eigenvalue weighted by Crippen LogP contribution is 2.36. The first-order valence-corrected chi connectivity index (χ1v) is 4.71. The molecule has 2 rings (SSSR count). The zero-order chi connectivity index (χ0) is 13.5. The second kappa shape index (κ2) is 3.90. The summed E-state index contributed by atoms with van der Waals surface area (Å²) in [5.74, 6) is -0.585. The minimum atomic E-state index is -4.67. The van der Waals surface area contributed by atoms with Crippen LogP contribution in [0.25, 0.3) is 11.0 Å². The van der Waals surface area contributed by atoms with Gasteiger partial charge in [-0.1, -0.05) is 0 Å². The summed E-state index contributed by atoms with van der Waals surface area (Å²) in [6.45, 7) is 0. The van der Waals surface area contributed by atoms with Crippen molar-refractivity contribution in [3.05, 3.63) is 23.9 Å². The van der Waals surface area contributed by atoms with E-state index in [4.69, 9.17) is 5.11 Å². The van der Waals surface area contributed by atoms with Crippen LogP contribution < -0.4 is 4.74 Å². The number of hydrogen-bond acceptors (Lipinski definition) is 3. The Kier molecular flexibility index (Phi) is 2.64. The Hall–Kier alpha value is -2.25. The van der Waals surface area contributed by atoms with Gasteiger partial charge >= 0.3 is 12.3 Å². The lowest BCUT2D eigenvalue weighted by molar-refractivity contribution is -0.139. The molecule has 5 nitrogen and oxygen atoms in total. The summed E-state index contributed by atoms with van der Waals surface area (Å²) in [6.07, 6.45) is -4.93. The SMILES string of the molecule is COc1nc2ccn(C(=O)O)c2cc1C(F)(F)F. The summed E-state index contributed by atoms with van der Waals surface area (Å²) in [6, 6.07) is 2.00. The third kappa shape index (κ3) is 1.85. The Labute approximate surface area is 98.4 Å². The Bertz CT molecular complexity index is 619. The molecule has 0 spiro atoms. The van der Waals surface area contributed by atoms with Gasteiger partial charge in [-0.25, -0.2) is 9.78 Å². The minimum Gasteiger partial charge on any atom is -0.481 e. The number of carbonyl (C=O) groups is 1. The lowest BCUT2D eigenvalue weighted by atomic mass is 10.2. The van der Waals surface area contributed by atoms with Gasteiger partial charge in [0, 0.05) is 6.20 Å². The first kappa shape index (κ1) is 12.2. The highest BCUT2D eigenvalue weighted by Gasteiger charge is 2.36. The van der Waals surface area contributed by atoms with Crippen molar-refractivity contribution < 1.29 is 27.8 Å². The topological polar surface area (TPSA) is 64.4 Å². The van der Waals surface area contributed by atoms with Crippen LogP contribution in [0.1, 0.15) is 5.56 Å². The average Bonchev–Trinajstić information content (AvgIpc) is 2.68. The molecule has 0 fully saturated rings. The van der Waals surface area contributed by atoms with Crippen molar-refractivity contribution in [2.24, 2.45) is 0 Å². The first-order chi connectivity index (χ1) is 8.34. The molecule has 8 heteroatoms. The van der Waals surface area contributed by atoms with E-state index in [1.165, 1.54) is 6.07 Å². The number of alkyl halides is 3. The maximum Gasteiger partial charge on any atom is 0.421 e. The zero-order valence-electron chi connectivity index (χ0n) is 9.02. The maximum absolute atomic E-state index is 12.7. The van der Waals surface area contributed by atoms with Crippen LogP contribution in [-0.4, -0.2) is 27.9 Å². The number of halogens is 3. The lowest BCUT2D eigenvalue weighted by Gasteiger charge is -2.11. The van der Waals surface area contributed by atoms with Crippen molar-refractivity contribution in [1.29, 1.82) is 0 Å². The van der Waals surface area contributed by atoms with Crippen LogP contribution in [0.5, 0.6) is 5.88 Å². The summed E-state index contributed by atoms with van der Waals surface area (Å²) in [5, 5.41) is 8.81. The van der Waals surface area contributed by atoms with Gasteiger partial charge in [0.1, 0.15) is 5.56 Å². The Balaban J connectivity index is 2.77. The van der Waals surface area contributed by atoms with Gasteiger partial charge in [0.25, 0.3) is 0 Å². The molecule has 0 aliphatic heterocycles. The Morgan fingerprint density at radius 2 is 2.17 bits per heavy atom. The highest BCUT2D eigenvalue weighted by atomic mass is 19.4. The van der Waals surface area contributed by atoms with Crippen molar-refractivity contribution >= 4 is 17.1 Å². The molecule has 96 valence electrons. The van der Waals surface area contributed by atoms with Gasteiger partial charge in [-0.15, -0.1) is 0 Å². The third-order valence-corrected chi connectivity index (χ3v) is 2.34. The quantitative estimate of drug-likeness (QED) is 0.855. The molecule has 2 heterocycles. The average molecular weight is 260 g/mol. The van der Waals surface area contributed by atoms with E-state index >= 15 is 0 Å².